The average molecular weight is 576 g/mol. The monoisotopic (exact) mass is 575 g/mol. The van der Waals surface area contributed by atoms with Gasteiger partial charge in [-0.1, -0.05) is 60.1 Å². The van der Waals surface area contributed by atoms with E-state index in [1.165, 1.54) is 18.2 Å². The predicted octanol–water partition coefficient (Wildman–Crippen LogP) is 3.89. The molecule has 2 fully saturated rings. The van der Waals surface area contributed by atoms with Gasteiger partial charge in [0.2, 0.25) is 5.91 Å². The Hall–Kier alpha value is -4.44. The van der Waals surface area contributed by atoms with Gasteiger partial charge in [-0.3, -0.25) is 24.5 Å². The Morgan fingerprint density at radius 1 is 0.976 bits per heavy atom. The minimum Gasteiger partial charge on any atom is -0.354 e. The number of hydrogen-bond donors (Lipinski definition) is 1. The first-order valence-corrected chi connectivity index (χ1v) is 13.8. The van der Waals surface area contributed by atoms with Gasteiger partial charge in [0.1, 0.15) is 12.1 Å². The molecule has 5 rings (SSSR count). The highest BCUT2D eigenvalue weighted by atomic mass is 35.5. The summed E-state index contributed by atoms with van der Waals surface area (Å²) in [5.74, 6) is -0.703. The standard InChI is InChI=1S/C30H30ClN5O5/c31-26-19-24(36(40)41)11-12-25(26)28(38)33-17-14-30(15-18-33)29(39)34(21-35(30)23-9-5-2-6-10-23)20-27(37)32-16-13-22-7-3-1-4-8-22/h1-12,19H,13-18,20-21H2,(H,32,37). The van der Waals surface area contributed by atoms with E-state index in [1.54, 1.807) is 9.80 Å². The molecule has 0 aromatic heterocycles. The number of likely N-dealkylation sites (tertiary alicyclic amines) is 1. The second-order valence-electron chi connectivity index (χ2n) is 10.2. The molecule has 1 N–H and O–H groups in total. The third-order valence-corrected chi connectivity index (χ3v) is 8.08. The highest BCUT2D eigenvalue weighted by Gasteiger charge is 2.54. The van der Waals surface area contributed by atoms with Gasteiger partial charge in [0.05, 0.1) is 22.2 Å². The molecule has 0 atom stereocenters. The van der Waals surface area contributed by atoms with E-state index >= 15 is 0 Å². The maximum absolute atomic E-state index is 13.9. The van der Waals surface area contributed by atoms with Crippen LogP contribution in [0.3, 0.4) is 0 Å². The van der Waals surface area contributed by atoms with Crippen LogP contribution in [0.1, 0.15) is 28.8 Å². The number of benzene rings is 3. The van der Waals surface area contributed by atoms with Crippen molar-refractivity contribution in [3.63, 3.8) is 0 Å². The second kappa shape index (κ2) is 12.0. The van der Waals surface area contributed by atoms with E-state index in [0.29, 0.717) is 38.9 Å². The number of nitro benzene ring substituents is 1. The molecule has 0 unspecified atom stereocenters. The Morgan fingerprint density at radius 3 is 2.27 bits per heavy atom. The van der Waals surface area contributed by atoms with E-state index in [9.17, 15) is 24.5 Å². The van der Waals surface area contributed by atoms with E-state index in [-0.39, 0.29) is 47.2 Å². The van der Waals surface area contributed by atoms with Crippen LogP contribution < -0.4 is 10.2 Å². The first kappa shape index (κ1) is 28.1. The third-order valence-electron chi connectivity index (χ3n) is 7.77. The Bertz CT molecular complexity index is 1440. The maximum Gasteiger partial charge on any atom is 0.270 e. The fourth-order valence-electron chi connectivity index (χ4n) is 5.58. The number of hydrogen-bond acceptors (Lipinski definition) is 6. The number of nitro groups is 1. The van der Waals surface area contributed by atoms with Gasteiger partial charge in [-0.2, -0.15) is 0 Å². The molecule has 41 heavy (non-hydrogen) atoms. The number of nitrogens with zero attached hydrogens (tertiary/aromatic N) is 4. The summed E-state index contributed by atoms with van der Waals surface area (Å²) in [7, 11) is 0. The Kier molecular flexibility index (Phi) is 8.21. The lowest BCUT2D eigenvalue weighted by Gasteiger charge is -2.43. The number of halogens is 1. The number of rotatable bonds is 8. The van der Waals surface area contributed by atoms with Crippen LogP contribution >= 0.6 is 11.6 Å². The Labute approximate surface area is 242 Å². The fraction of sp³-hybridized carbons (Fsp3) is 0.300. The largest absolute Gasteiger partial charge is 0.354 e. The number of anilines is 1. The van der Waals surface area contributed by atoms with Crippen molar-refractivity contribution in [1.29, 1.82) is 0 Å². The highest BCUT2D eigenvalue weighted by molar-refractivity contribution is 6.34. The molecule has 212 valence electrons. The summed E-state index contributed by atoms with van der Waals surface area (Å²) in [5, 5.41) is 14.0. The summed E-state index contributed by atoms with van der Waals surface area (Å²) < 4.78 is 0. The zero-order valence-corrected chi connectivity index (χ0v) is 23.1. The molecule has 3 amide bonds. The molecule has 1 spiro atoms. The number of carbonyl (C=O) groups is 3. The first-order chi connectivity index (χ1) is 19.8. The summed E-state index contributed by atoms with van der Waals surface area (Å²) in [5.41, 5.74) is 1.08. The number of carbonyl (C=O) groups excluding carboxylic acids is 3. The molecule has 2 saturated heterocycles. The van der Waals surface area contributed by atoms with Crippen molar-refractivity contribution in [2.75, 3.05) is 37.7 Å². The van der Waals surface area contributed by atoms with E-state index in [2.05, 4.69) is 5.32 Å². The fourth-order valence-corrected chi connectivity index (χ4v) is 5.84. The summed E-state index contributed by atoms with van der Waals surface area (Å²) in [6, 6.07) is 23.2. The SMILES string of the molecule is O=C(CN1CN(c2ccccc2)C2(CCN(C(=O)c3ccc([N+](=O)[O-])cc3Cl)CC2)C1=O)NCCc1ccccc1. The van der Waals surface area contributed by atoms with Gasteiger partial charge in [-0.15, -0.1) is 0 Å². The molecule has 2 aliphatic rings. The molecule has 10 nitrogen and oxygen atoms in total. The molecule has 2 aliphatic heterocycles. The highest BCUT2D eigenvalue weighted by Crippen LogP contribution is 2.40. The maximum atomic E-state index is 13.9. The average Bonchev–Trinajstić information content (AvgIpc) is 3.24. The number of piperidine rings is 1. The number of para-hydroxylation sites is 1. The number of nitrogens with one attached hydrogen (secondary N) is 1. The van der Waals surface area contributed by atoms with E-state index < -0.39 is 10.5 Å². The predicted molar refractivity (Wildman–Crippen MR) is 155 cm³/mol. The smallest absolute Gasteiger partial charge is 0.270 e. The molecule has 0 aliphatic carbocycles. The van der Waals surface area contributed by atoms with Crippen molar-refractivity contribution in [1.82, 2.24) is 15.1 Å². The van der Waals surface area contributed by atoms with Crippen molar-refractivity contribution in [3.05, 3.63) is 105 Å². The van der Waals surface area contributed by atoms with Gasteiger partial charge in [0, 0.05) is 37.5 Å². The van der Waals surface area contributed by atoms with E-state index in [4.69, 9.17) is 11.6 Å². The molecule has 3 aromatic rings. The van der Waals surface area contributed by atoms with Crippen LogP contribution in [0.2, 0.25) is 5.02 Å². The molecule has 0 saturated carbocycles. The summed E-state index contributed by atoms with van der Waals surface area (Å²) in [6.45, 7) is 1.26. The molecule has 3 aromatic carbocycles. The van der Waals surface area contributed by atoms with Crippen LogP contribution in [0.25, 0.3) is 0 Å². The molecule has 11 heteroatoms. The van der Waals surface area contributed by atoms with Gasteiger partial charge in [0.15, 0.2) is 0 Å². The molecular formula is C30H30ClN5O5. The van der Waals surface area contributed by atoms with Crippen molar-refractivity contribution >= 4 is 40.7 Å². The molecule has 2 heterocycles. The van der Waals surface area contributed by atoms with Crippen LogP contribution in [0, 0.1) is 10.1 Å². The van der Waals surface area contributed by atoms with Gasteiger partial charge in [-0.05, 0) is 43.0 Å². The van der Waals surface area contributed by atoms with Crippen molar-refractivity contribution < 1.29 is 19.3 Å². The van der Waals surface area contributed by atoms with Gasteiger partial charge < -0.3 is 20.0 Å². The van der Waals surface area contributed by atoms with Crippen LogP contribution in [0.4, 0.5) is 11.4 Å². The normalized spacial score (nSPS) is 16.2. The minimum absolute atomic E-state index is 0.0109. The van der Waals surface area contributed by atoms with Crippen LogP contribution in [0.5, 0.6) is 0 Å². The Morgan fingerprint density at radius 2 is 1.63 bits per heavy atom. The summed E-state index contributed by atoms with van der Waals surface area (Å²) in [6.07, 6.45) is 1.43. The number of non-ortho nitro benzene ring substituents is 1. The number of amides is 3. The van der Waals surface area contributed by atoms with E-state index in [0.717, 1.165) is 11.3 Å². The molecular weight excluding hydrogens is 546 g/mol. The topological polar surface area (TPSA) is 116 Å². The van der Waals surface area contributed by atoms with Gasteiger partial charge >= 0.3 is 0 Å². The van der Waals surface area contributed by atoms with Gasteiger partial charge in [-0.25, -0.2) is 0 Å². The lowest BCUT2D eigenvalue weighted by Crippen LogP contribution is -2.57. The van der Waals surface area contributed by atoms with Crippen molar-refractivity contribution in [2.45, 2.75) is 24.8 Å². The zero-order valence-electron chi connectivity index (χ0n) is 22.4. The van der Waals surface area contributed by atoms with Crippen LogP contribution in [0.15, 0.2) is 78.9 Å². The summed E-state index contributed by atoms with van der Waals surface area (Å²) >= 11 is 6.21. The van der Waals surface area contributed by atoms with E-state index in [1.807, 2.05) is 65.6 Å². The van der Waals surface area contributed by atoms with Crippen LogP contribution in [-0.2, 0) is 16.0 Å². The zero-order chi connectivity index (χ0) is 29.0. The second-order valence-corrected chi connectivity index (χ2v) is 10.6. The lowest BCUT2D eigenvalue weighted by molar-refractivity contribution is -0.384. The van der Waals surface area contributed by atoms with Crippen molar-refractivity contribution in [2.24, 2.45) is 0 Å². The van der Waals surface area contributed by atoms with Crippen LogP contribution in [-0.4, -0.2) is 70.8 Å². The Balaban J connectivity index is 1.28. The summed E-state index contributed by atoms with van der Waals surface area (Å²) in [4.78, 5) is 55.7. The van der Waals surface area contributed by atoms with Crippen molar-refractivity contribution in [3.8, 4) is 0 Å². The van der Waals surface area contributed by atoms with Gasteiger partial charge in [0.25, 0.3) is 17.5 Å². The molecule has 0 bridgehead atoms. The molecule has 0 radical (unpaired) electrons. The third kappa shape index (κ3) is 5.88. The lowest BCUT2D eigenvalue weighted by atomic mass is 9.85. The quantitative estimate of drug-likeness (QED) is 0.322. The first-order valence-electron chi connectivity index (χ1n) is 13.4. The minimum atomic E-state index is -0.901.